The van der Waals surface area contributed by atoms with Gasteiger partial charge in [-0.05, 0) is 38.3 Å². The molecule has 0 aromatic carbocycles. The Morgan fingerprint density at radius 2 is 2.11 bits per heavy atom. The number of piperazine rings is 1. The van der Waals surface area contributed by atoms with Gasteiger partial charge in [-0.15, -0.1) is 0 Å². The fourth-order valence-corrected chi connectivity index (χ4v) is 3.52. The zero-order valence-electron chi connectivity index (χ0n) is 12.2. The summed E-state index contributed by atoms with van der Waals surface area (Å²) in [4.78, 5) is 6.89. The highest BCUT2D eigenvalue weighted by Crippen LogP contribution is 2.36. The first-order valence-electron chi connectivity index (χ1n) is 7.49. The molecule has 1 N–H and O–H groups in total. The lowest BCUT2D eigenvalue weighted by Crippen LogP contribution is -2.66. The first-order valence-corrected chi connectivity index (χ1v) is 7.49. The van der Waals surface area contributed by atoms with Gasteiger partial charge < -0.3 is 5.32 Å². The third-order valence-corrected chi connectivity index (χ3v) is 4.90. The van der Waals surface area contributed by atoms with Crippen LogP contribution in [0.25, 0.3) is 0 Å². The normalized spacial score (nSPS) is 25.8. The van der Waals surface area contributed by atoms with Crippen molar-refractivity contribution < 1.29 is 0 Å². The molecule has 2 fully saturated rings. The van der Waals surface area contributed by atoms with Crippen molar-refractivity contribution in [1.82, 2.24) is 15.2 Å². The molecule has 1 spiro atoms. The van der Waals surface area contributed by atoms with Crippen molar-refractivity contribution in [3.05, 3.63) is 30.1 Å². The molecule has 1 saturated heterocycles. The van der Waals surface area contributed by atoms with Crippen molar-refractivity contribution in [2.24, 2.45) is 0 Å². The first-order chi connectivity index (χ1) is 9.10. The first kappa shape index (κ1) is 13.1. The molecule has 2 aliphatic rings. The van der Waals surface area contributed by atoms with E-state index in [4.69, 9.17) is 0 Å². The summed E-state index contributed by atoms with van der Waals surface area (Å²) < 4.78 is 0. The average Bonchev–Trinajstić information content (AvgIpc) is 2.85. The molecule has 104 valence electrons. The van der Waals surface area contributed by atoms with Gasteiger partial charge in [0.25, 0.3) is 0 Å². The van der Waals surface area contributed by atoms with Crippen LogP contribution in [0.4, 0.5) is 0 Å². The van der Waals surface area contributed by atoms with Crippen LogP contribution >= 0.6 is 0 Å². The molecule has 0 unspecified atom stereocenters. The second-order valence-corrected chi connectivity index (χ2v) is 6.87. The minimum Gasteiger partial charge on any atom is -0.308 e. The van der Waals surface area contributed by atoms with Gasteiger partial charge in [0.15, 0.2) is 0 Å². The van der Waals surface area contributed by atoms with Crippen LogP contribution in [-0.4, -0.2) is 34.1 Å². The largest absolute Gasteiger partial charge is 0.308 e. The topological polar surface area (TPSA) is 28.2 Å². The van der Waals surface area contributed by atoms with Crippen molar-refractivity contribution in [3.8, 4) is 0 Å². The van der Waals surface area contributed by atoms with E-state index in [0.29, 0.717) is 5.54 Å². The summed E-state index contributed by atoms with van der Waals surface area (Å²) in [5.74, 6) is 0. The van der Waals surface area contributed by atoms with Crippen LogP contribution in [0.3, 0.4) is 0 Å². The summed E-state index contributed by atoms with van der Waals surface area (Å²) in [5, 5.41) is 3.84. The van der Waals surface area contributed by atoms with Gasteiger partial charge in [-0.2, -0.15) is 0 Å². The van der Waals surface area contributed by atoms with Crippen LogP contribution in [-0.2, 0) is 6.54 Å². The highest BCUT2D eigenvalue weighted by atomic mass is 15.3. The molecule has 3 heteroatoms. The summed E-state index contributed by atoms with van der Waals surface area (Å²) in [7, 11) is 0. The molecule has 3 nitrogen and oxygen atoms in total. The van der Waals surface area contributed by atoms with Gasteiger partial charge in [0.2, 0.25) is 0 Å². The third-order valence-electron chi connectivity index (χ3n) is 4.90. The van der Waals surface area contributed by atoms with Crippen LogP contribution in [0, 0.1) is 0 Å². The average molecular weight is 259 g/mol. The number of aromatic nitrogens is 1. The monoisotopic (exact) mass is 259 g/mol. The molecule has 0 atom stereocenters. The lowest BCUT2D eigenvalue weighted by atomic mass is 9.87. The van der Waals surface area contributed by atoms with E-state index in [9.17, 15) is 0 Å². The molecule has 1 aliphatic carbocycles. The number of pyridine rings is 1. The van der Waals surface area contributed by atoms with Crippen LogP contribution in [0.2, 0.25) is 0 Å². The van der Waals surface area contributed by atoms with Crippen molar-refractivity contribution in [2.45, 2.75) is 57.2 Å². The van der Waals surface area contributed by atoms with Crippen molar-refractivity contribution in [2.75, 3.05) is 13.1 Å². The van der Waals surface area contributed by atoms with Gasteiger partial charge in [0.05, 0.1) is 0 Å². The Morgan fingerprint density at radius 1 is 1.32 bits per heavy atom. The van der Waals surface area contributed by atoms with Crippen LogP contribution in [0.5, 0.6) is 0 Å². The molecule has 1 aromatic heterocycles. The highest BCUT2D eigenvalue weighted by molar-refractivity contribution is 5.11. The second kappa shape index (κ2) is 4.88. The predicted octanol–water partition coefficient (Wildman–Crippen LogP) is 2.58. The summed E-state index contributed by atoms with van der Waals surface area (Å²) in [6, 6.07) is 4.22. The molecule has 2 heterocycles. The molecule has 19 heavy (non-hydrogen) atoms. The molecule has 0 amide bonds. The lowest BCUT2D eigenvalue weighted by Gasteiger charge is -2.51. The van der Waals surface area contributed by atoms with Crippen LogP contribution < -0.4 is 5.32 Å². The molecule has 1 aliphatic heterocycles. The highest BCUT2D eigenvalue weighted by Gasteiger charge is 2.43. The van der Waals surface area contributed by atoms with Gasteiger partial charge in [0, 0.05) is 43.1 Å². The maximum Gasteiger partial charge on any atom is 0.0312 e. The van der Waals surface area contributed by atoms with Crippen molar-refractivity contribution in [1.29, 1.82) is 0 Å². The number of nitrogens with one attached hydrogen (secondary N) is 1. The van der Waals surface area contributed by atoms with Crippen LogP contribution in [0.1, 0.15) is 45.1 Å². The Labute approximate surface area is 116 Å². The number of hydrogen-bond donors (Lipinski definition) is 1. The maximum absolute atomic E-state index is 4.24. The summed E-state index contributed by atoms with van der Waals surface area (Å²) >= 11 is 0. The van der Waals surface area contributed by atoms with Gasteiger partial charge in [0.1, 0.15) is 0 Å². The lowest BCUT2D eigenvalue weighted by molar-refractivity contribution is 0.0216. The zero-order chi connectivity index (χ0) is 13.3. The third kappa shape index (κ3) is 2.67. The molecule has 0 bridgehead atoms. The number of rotatable bonds is 2. The van der Waals surface area contributed by atoms with E-state index < -0.39 is 0 Å². The van der Waals surface area contributed by atoms with E-state index in [1.54, 1.807) is 0 Å². The molecule has 1 saturated carbocycles. The van der Waals surface area contributed by atoms with E-state index in [1.165, 1.54) is 37.8 Å². The number of hydrogen-bond acceptors (Lipinski definition) is 3. The predicted molar refractivity (Wildman–Crippen MR) is 77.9 cm³/mol. The molecular weight excluding hydrogens is 234 g/mol. The van der Waals surface area contributed by atoms with E-state index >= 15 is 0 Å². The van der Waals surface area contributed by atoms with Crippen molar-refractivity contribution >= 4 is 0 Å². The molecule has 0 radical (unpaired) electrons. The summed E-state index contributed by atoms with van der Waals surface area (Å²) in [6.07, 6.45) is 9.30. The minimum absolute atomic E-state index is 0.226. The smallest absolute Gasteiger partial charge is 0.0312 e. The number of nitrogens with zero attached hydrogens (tertiary/aromatic N) is 2. The second-order valence-electron chi connectivity index (χ2n) is 6.87. The Hall–Kier alpha value is -0.930. The zero-order valence-corrected chi connectivity index (χ0v) is 12.2. The van der Waals surface area contributed by atoms with E-state index in [2.05, 4.69) is 35.1 Å². The molecular formula is C16H25N3. The van der Waals surface area contributed by atoms with Gasteiger partial charge in [-0.25, -0.2) is 0 Å². The summed E-state index contributed by atoms with van der Waals surface area (Å²) in [6.45, 7) is 7.97. The fourth-order valence-electron chi connectivity index (χ4n) is 3.52. The van der Waals surface area contributed by atoms with Gasteiger partial charge in [-0.1, -0.05) is 18.9 Å². The molecule has 3 rings (SSSR count). The van der Waals surface area contributed by atoms with E-state index in [0.717, 1.165) is 13.1 Å². The SMILES string of the molecule is CC1(C)CNC2(CCCC2)CN1Cc1cccnc1. The Bertz CT molecular complexity index is 421. The minimum atomic E-state index is 0.226. The molecule has 1 aromatic rings. The Morgan fingerprint density at radius 3 is 2.79 bits per heavy atom. The van der Waals surface area contributed by atoms with Gasteiger partial charge in [-0.3, -0.25) is 9.88 Å². The fraction of sp³-hybridized carbons (Fsp3) is 0.688. The van der Waals surface area contributed by atoms with Gasteiger partial charge >= 0.3 is 0 Å². The maximum atomic E-state index is 4.24. The quantitative estimate of drug-likeness (QED) is 0.885. The van der Waals surface area contributed by atoms with Crippen LogP contribution in [0.15, 0.2) is 24.5 Å². The van der Waals surface area contributed by atoms with Crippen molar-refractivity contribution in [3.63, 3.8) is 0 Å². The summed E-state index contributed by atoms with van der Waals surface area (Å²) in [5.41, 5.74) is 1.94. The van der Waals surface area contributed by atoms with E-state index in [1.807, 2.05) is 18.5 Å². The Kier molecular flexibility index (Phi) is 3.35. The van der Waals surface area contributed by atoms with E-state index in [-0.39, 0.29) is 5.54 Å². The Balaban J connectivity index is 1.76. The standard InChI is InChI=1S/C16H25N3/c1-15(2)12-18-16(7-3-4-8-16)13-19(15)11-14-6-5-9-17-10-14/h5-6,9-10,18H,3-4,7-8,11-13H2,1-2H3.